The summed E-state index contributed by atoms with van der Waals surface area (Å²) in [4.78, 5) is 12.1. The first-order valence-electron chi connectivity index (χ1n) is 6.11. The zero-order valence-electron chi connectivity index (χ0n) is 10.8. The van der Waals surface area contributed by atoms with E-state index in [4.69, 9.17) is 0 Å². The topological polar surface area (TPSA) is 41.1 Å². The molecule has 1 aromatic rings. The molecule has 1 aromatic carbocycles. The highest BCUT2D eigenvalue weighted by Crippen LogP contribution is 2.43. The van der Waals surface area contributed by atoms with Crippen molar-refractivity contribution in [1.29, 1.82) is 0 Å². The molecule has 2 rings (SSSR count). The van der Waals surface area contributed by atoms with E-state index in [1.807, 2.05) is 6.07 Å². The van der Waals surface area contributed by atoms with E-state index in [0.29, 0.717) is 5.69 Å². The normalized spacial score (nSPS) is 22.9. The molecule has 20 heavy (non-hydrogen) atoms. The van der Waals surface area contributed by atoms with Crippen LogP contribution in [0.4, 0.5) is 18.9 Å². The van der Waals surface area contributed by atoms with Crippen LogP contribution in [0.15, 0.2) is 18.2 Å². The monoisotopic (exact) mass is 398 g/mol. The van der Waals surface area contributed by atoms with Crippen LogP contribution < -0.4 is 10.6 Å². The molecular formula is C13H14F3IN2O. The van der Waals surface area contributed by atoms with Crippen molar-refractivity contribution in [3.05, 3.63) is 27.3 Å². The predicted octanol–water partition coefficient (Wildman–Crippen LogP) is 3.08. The SMILES string of the molecule is Cc1cc(I)ccc1NC(=O)C1(C(F)(F)F)CCNC1. The molecule has 0 aliphatic carbocycles. The van der Waals surface area contributed by atoms with Gasteiger partial charge in [-0.25, -0.2) is 0 Å². The van der Waals surface area contributed by atoms with Gasteiger partial charge in [0, 0.05) is 15.8 Å². The van der Waals surface area contributed by atoms with Gasteiger partial charge in [0.05, 0.1) is 0 Å². The maximum atomic E-state index is 13.2. The fourth-order valence-electron chi connectivity index (χ4n) is 2.27. The van der Waals surface area contributed by atoms with Gasteiger partial charge in [-0.15, -0.1) is 0 Å². The third-order valence-electron chi connectivity index (χ3n) is 3.57. The predicted molar refractivity (Wildman–Crippen MR) is 78.5 cm³/mol. The number of amides is 1. The number of hydrogen-bond donors (Lipinski definition) is 2. The molecule has 1 heterocycles. The van der Waals surface area contributed by atoms with Crippen molar-refractivity contribution in [3.63, 3.8) is 0 Å². The standard InChI is InChI=1S/C13H14F3IN2O/c1-8-6-9(17)2-3-10(8)19-11(20)12(13(14,15)16)4-5-18-7-12/h2-3,6,18H,4-5,7H2,1H3,(H,19,20). The molecule has 0 saturated carbocycles. The Kier molecular flexibility index (Phi) is 4.29. The number of aryl methyl sites for hydroxylation is 1. The Hall–Kier alpha value is -0.830. The molecule has 0 aromatic heterocycles. The maximum absolute atomic E-state index is 13.2. The van der Waals surface area contributed by atoms with Crippen LogP contribution in [0.25, 0.3) is 0 Å². The van der Waals surface area contributed by atoms with Gasteiger partial charge < -0.3 is 10.6 Å². The molecule has 3 nitrogen and oxygen atoms in total. The van der Waals surface area contributed by atoms with Crippen LogP contribution in [0.5, 0.6) is 0 Å². The number of benzene rings is 1. The molecule has 0 spiro atoms. The van der Waals surface area contributed by atoms with Gasteiger partial charge in [-0.1, -0.05) is 0 Å². The lowest BCUT2D eigenvalue weighted by molar-refractivity contribution is -0.213. The van der Waals surface area contributed by atoms with E-state index in [9.17, 15) is 18.0 Å². The summed E-state index contributed by atoms with van der Waals surface area (Å²) >= 11 is 2.11. The number of hydrogen-bond acceptors (Lipinski definition) is 2. The molecule has 1 amide bonds. The largest absolute Gasteiger partial charge is 0.404 e. The van der Waals surface area contributed by atoms with Crippen LogP contribution in [-0.4, -0.2) is 25.2 Å². The van der Waals surface area contributed by atoms with Crippen molar-refractivity contribution in [3.8, 4) is 0 Å². The maximum Gasteiger partial charge on any atom is 0.404 e. The number of rotatable bonds is 2. The summed E-state index contributed by atoms with van der Waals surface area (Å²) in [6, 6.07) is 5.18. The summed E-state index contributed by atoms with van der Waals surface area (Å²) < 4.78 is 40.7. The first kappa shape index (κ1) is 15.6. The Morgan fingerprint density at radius 3 is 2.65 bits per heavy atom. The molecule has 1 aliphatic heterocycles. The summed E-state index contributed by atoms with van der Waals surface area (Å²) in [6.07, 6.45) is -4.79. The van der Waals surface area contributed by atoms with E-state index in [1.54, 1.807) is 19.1 Å². The highest BCUT2D eigenvalue weighted by atomic mass is 127. The molecule has 0 radical (unpaired) electrons. The number of carbonyl (C=O) groups excluding carboxylic acids is 1. The van der Waals surface area contributed by atoms with Gasteiger partial charge in [-0.2, -0.15) is 13.2 Å². The molecule has 0 bridgehead atoms. The first-order valence-corrected chi connectivity index (χ1v) is 7.19. The van der Waals surface area contributed by atoms with E-state index in [2.05, 4.69) is 33.2 Å². The Labute approximate surface area is 128 Å². The quantitative estimate of drug-likeness (QED) is 0.753. The fraction of sp³-hybridized carbons (Fsp3) is 0.462. The van der Waals surface area contributed by atoms with Gasteiger partial charge in [-0.3, -0.25) is 4.79 Å². The lowest BCUT2D eigenvalue weighted by atomic mass is 9.85. The molecule has 2 N–H and O–H groups in total. The second-order valence-electron chi connectivity index (χ2n) is 4.92. The van der Waals surface area contributed by atoms with E-state index in [-0.39, 0.29) is 19.5 Å². The minimum absolute atomic E-state index is 0.193. The van der Waals surface area contributed by atoms with Gasteiger partial charge >= 0.3 is 6.18 Å². The second-order valence-corrected chi connectivity index (χ2v) is 6.17. The van der Waals surface area contributed by atoms with E-state index >= 15 is 0 Å². The van der Waals surface area contributed by atoms with Gasteiger partial charge in [0.15, 0.2) is 5.41 Å². The molecule has 1 aliphatic rings. The summed E-state index contributed by atoms with van der Waals surface area (Å²) in [5.41, 5.74) is -1.16. The average molecular weight is 398 g/mol. The molecule has 7 heteroatoms. The van der Waals surface area contributed by atoms with Crippen molar-refractivity contribution in [2.45, 2.75) is 19.5 Å². The Bertz CT molecular complexity index is 525. The molecule has 1 unspecified atom stereocenters. The van der Waals surface area contributed by atoms with Crippen molar-refractivity contribution in [1.82, 2.24) is 5.32 Å². The van der Waals surface area contributed by atoms with Crippen LogP contribution in [0.1, 0.15) is 12.0 Å². The Morgan fingerprint density at radius 2 is 2.15 bits per heavy atom. The minimum atomic E-state index is -4.56. The second kappa shape index (κ2) is 5.51. The molecule has 1 fully saturated rings. The lowest BCUT2D eigenvalue weighted by Gasteiger charge is -2.29. The molecule has 1 atom stereocenters. The van der Waals surface area contributed by atoms with Crippen LogP contribution >= 0.6 is 22.6 Å². The van der Waals surface area contributed by atoms with Gasteiger partial charge in [0.2, 0.25) is 5.91 Å². The summed E-state index contributed by atoms with van der Waals surface area (Å²) in [6.45, 7) is 1.58. The van der Waals surface area contributed by atoms with Crippen molar-refractivity contribution in [2.75, 3.05) is 18.4 Å². The van der Waals surface area contributed by atoms with Crippen molar-refractivity contribution in [2.24, 2.45) is 5.41 Å². The summed E-state index contributed by atoms with van der Waals surface area (Å²) in [7, 11) is 0. The summed E-state index contributed by atoms with van der Waals surface area (Å²) in [5, 5.41) is 5.05. The van der Waals surface area contributed by atoms with Crippen LogP contribution in [0.2, 0.25) is 0 Å². The smallest absolute Gasteiger partial charge is 0.325 e. The van der Waals surface area contributed by atoms with Crippen LogP contribution in [0, 0.1) is 15.9 Å². The third kappa shape index (κ3) is 2.78. The van der Waals surface area contributed by atoms with Crippen molar-refractivity contribution >= 4 is 34.2 Å². The van der Waals surface area contributed by atoms with Crippen LogP contribution in [0.3, 0.4) is 0 Å². The molecular weight excluding hydrogens is 384 g/mol. The number of carbonyl (C=O) groups is 1. The minimum Gasteiger partial charge on any atom is -0.325 e. The summed E-state index contributed by atoms with van der Waals surface area (Å²) in [5.74, 6) is -0.987. The van der Waals surface area contributed by atoms with E-state index < -0.39 is 17.5 Å². The first-order chi connectivity index (χ1) is 9.26. The fourth-order valence-corrected chi connectivity index (χ4v) is 2.91. The average Bonchev–Trinajstić information content (AvgIpc) is 2.82. The van der Waals surface area contributed by atoms with E-state index in [1.165, 1.54) is 0 Å². The van der Waals surface area contributed by atoms with Crippen molar-refractivity contribution < 1.29 is 18.0 Å². The highest BCUT2D eigenvalue weighted by Gasteiger charge is 2.61. The highest BCUT2D eigenvalue weighted by molar-refractivity contribution is 14.1. The Morgan fingerprint density at radius 1 is 1.45 bits per heavy atom. The van der Waals surface area contributed by atoms with E-state index in [0.717, 1.165) is 9.13 Å². The molecule has 110 valence electrons. The number of halogens is 4. The lowest BCUT2D eigenvalue weighted by Crippen LogP contribution is -2.49. The number of alkyl halides is 3. The zero-order valence-corrected chi connectivity index (χ0v) is 12.9. The molecule has 1 saturated heterocycles. The third-order valence-corrected chi connectivity index (χ3v) is 4.24. The van der Waals surface area contributed by atoms with Gasteiger partial charge in [0.25, 0.3) is 0 Å². The number of anilines is 1. The zero-order chi connectivity index (χ0) is 15.0. The van der Waals surface area contributed by atoms with Gasteiger partial charge in [-0.05, 0) is 66.2 Å². The number of nitrogens with one attached hydrogen (secondary N) is 2. The Balaban J connectivity index is 2.26. The van der Waals surface area contributed by atoms with Crippen LogP contribution in [-0.2, 0) is 4.79 Å². The van der Waals surface area contributed by atoms with Gasteiger partial charge in [0.1, 0.15) is 0 Å².